The van der Waals surface area contributed by atoms with Gasteiger partial charge in [-0.25, -0.2) is 0 Å². The minimum atomic E-state index is 0.140. The number of fused-ring (bicyclic) bond motifs is 6. The average molecular weight is 311 g/mol. The molecule has 0 amide bonds. The molecule has 1 nitrogen and oxygen atoms in total. The number of para-hydroxylation sites is 1. The second kappa shape index (κ2) is 4.30. The van der Waals surface area contributed by atoms with Crippen LogP contribution in [0, 0.1) is 6.92 Å². The molecule has 118 valence electrons. The number of benzene rings is 3. The Balaban J connectivity index is 2.16. The van der Waals surface area contributed by atoms with Gasteiger partial charge in [0.2, 0.25) is 0 Å². The Labute approximate surface area is 141 Å². The van der Waals surface area contributed by atoms with E-state index in [1.54, 1.807) is 0 Å². The first-order valence-corrected chi connectivity index (χ1v) is 8.64. The summed E-state index contributed by atoms with van der Waals surface area (Å²) in [6.45, 7) is 9.06. The number of rotatable bonds is 0. The van der Waals surface area contributed by atoms with Crippen molar-refractivity contribution in [2.75, 3.05) is 0 Å². The van der Waals surface area contributed by atoms with Gasteiger partial charge in [0.1, 0.15) is 0 Å². The highest BCUT2D eigenvalue weighted by atomic mass is 14.9. The third kappa shape index (κ3) is 1.65. The number of hydrogen-bond donors (Lipinski definition) is 0. The number of aryl methyl sites for hydroxylation is 1. The van der Waals surface area contributed by atoms with Gasteiger partial charge in [0.05, 0.1) is 16.6 Å². The summed E-state index contributed by atoms with van der Waals surface area (Å²) < 4.78 is 2.45. The van der Waals surface area contributed by atoms with Gasteiger partial charge in [0, 0.05) is 21.5 Å². The molecule has 0 radical (unpaired) electrons. The number of nitrogens with zero attached hydrogens (tertiary/aromatic N) is 1. The molecule has 2 aromatic heterocycles. The minimum absolute atomic E-state index is 0.140. The summed E-state index contributed by atoms with van der Waals surface area (Å²) in [7, 11) is 0. The van der Waals surface area contributed by atoms with Crippen LogP contribution in [-0.4, -0.2) is 4.40 Å². The zero-order valence-electron chi connectivity index (χ0n) is 14.6. The molecule has 0 spiro atoms. The fraction of sp³-hybridized carbons (Fsp3) is 0.217. The first kappa shape index (κ1) is 13.9. The Bertz CT molecular complexity index is 1230. The predicted molar refractivity (Wildman–Crippen MR) is 105 cm³/mol. The lowest BCUT2D eigenvalue weighted by molar-refractivity contribution is 0.592. The van der Waals surface area contributed by atoms with Crippen molar-refractivity contribution in [3.8, 4) is 0 Å². The Morgan fingerprint density at radius 1 is 0.708 bits per heavy atom. The summed E-state index contributed by atoms with van der Waals surface area (Å²) in [6, 6.07) is 20.4. The monoisotopic (exact) mass is 311 g/mol. The molecule has 0 N–H and O–H groups in total. The average Bonchev–Trinajstić information content (AvgIpc) is 3.04. The fourth-order valence-electron chi connectivity index (χ4n) is 4.04. The maximum Gasteiger partial charge on any atom is 0.0620 e. The van der Waals surface area contributed by atoms with Crippen LogP contribution in [0.2, 0.25) is 0 Å². The van der Waals surface area contributed by atoms with Crippen molar-refractivity contribution in [1.29, 1.82) is 0 Å². The molecule has 2 heterocycles. The lowest BCUT2D eigenvalue weighted by atomic mass is 9.85. The highest BCUT2D eigenvalue weighted by Crippen LogP contribution is 2.41. The standard InChI is InChI=1S/C23H21N/c1-14-9-10-17-19-13-15(23(2,3)4)12-18-16-7-5-6-8-20(16)24(22(18)19)21(17)11-14/h5-13H,1-4H3. The van der Waals surface area contributed by atoms with E-state index < -0.39 is 0 Å². The van der Waals surface area contributed by atoms with Gasteiger partial charge < -0.3 is 4.40 Å². The molecule has 24 heavy (non-hydrogen) atoms. The molecule has 0 fully saturated rings. The molecular formula is C23H21N. The van der Waals surface area contributed by atoms with E-state index in [2.05, 4.69) is 86.7 Å². The van der Waals surface area contributed by atoms with E-state index >= 15 is 0 Å². The van der Waals surface area contributed by atoms with E-state index in [4.69, 9.17) is 0 Å². The molecule has 5 rings (SSSR count). The summed E-state index contributed by atoms with van der Waals surface area (Å²) in [6.07, 6.45) is 0. The number of aromatic nitrogens is 1. The van der Waals surface area contributed by atoms with Gasteiger partial charge in [-0.3, -0.25) is 0 Å². The maximum atomic E-state index is 2.45. The van der Waals surface area contributed by atoms with Crippen LogP contribution in [-0.2, 0) is 5.41 Å². The van der Waals surface area contributed by atoms with Crippen molar-refractivity contribution >= 4 is 38.1 Å². The second-order valence-electron chi connectivity index (χ2n) is 8.04. The second-order valence-corrected chi connectivity index (χ2v) is 8.04. The molecule has 0 aliphatic rings. The van der Waals surface area contributed by atoms with Crippen LogP contribution in [0.15, 0.2) is 54.6 Å². The lowest BCUT2D eigenvalue weighted by Gasteiger charge is -2.19. The number of hydrogen-bond acceptors (Lipinski definition) is 0. The van der Waals surface area contributed by atoms with Gasteiger partial charge in [-0.1, -0.05) is 51.1 Å². The van der Waals surface area contributed by atoms with Crippen LogP contribution in [0.1, 0.15) is 31.9 Å². The Hall–Kier alpha value is -2.54. The van der Waals surface area contributed by atoms with Crippen LogP contribution in [0.3, 0.4) is 0 Å². The molecule has 3 aromatic carbocycles. The van der Waals surface area contributed by atoms with Gasteiger partial charge in [-0.2, -0.15) is 0 Å². The summed E-state index contributed by atoms with van der Waals surface area (Å²) in [5.74, 6) is 0. The molecule has 0 unspecified atom stereocenters. The molecule has 0 atom stereocenters. The van der Waals surface area contributed by atoms with Crippen molar-refractivity contribution in [3.05, 3.63) is 65.7 Å². The van der Waals surface area contributed by atoms with Gasteiger partial charge in [0.25, 0.3) is 0 Å². The van der Waals surface area contributed by atoms with Crippen molar-refractivity contribution in [1.82, 2.24) is 4.40 Å². The van der Waals surface area contributed by atoms with Crippen LogP contribution < -0.4 is 0 Å². The highest BCUT2D eigenvalue weighted by molar-refractivity contribution is 6.23. The molecular weight excluding hydrogens is 290 g/mol. The summed E-state index contributed by atoms with van der Waals surface area (Å²) in [5, 5.41) is 5.47. The van der Waals surface area contributed by atoms with Crippen molar-refractivity contribution in [2.24, 2.45) is 0 Å². The van der Waals surface area contributed by atoms with Crippen LogP contribution >= 0.6 is 0 Å². The molecule has 5 aromatic rings. The minimum Gasteiger partial charge on any atom is -0.308 e. The van der Waals surface area contributed by atoms with E-state index in [0.29, 0.717) is 0 Å². The normalized spacial score (nSPS) is 13.0. The van der Waals surface area contributed by atoms with Crippen LogP contribution in [0.5, 0.6) is 0 Å². The smallest absolute Gasteiger partial charge is 0.0620 e. The first-order valence-electron chi connectivity index (χ1n) is 8.64. The largest absolute Gasteiger partial charge is 0.308 e. The van der Waals surface area contributed by atoms with Crippen molar-refractivity contribution in [2.45, 2.75) is 33.1 Å². The zero-order chi connectivity index (χ0) is 16.6. The highest BCUT2D eigenvalue weighted by Gasteiger charge is 2.21. The third-order valence-electron chi connectivity index (χ3n) is 5.32. The van der Waals surface area contributed by atoms with E-state index in [-0.39, 0.29) is 5.41 Å². The van der Waals surface area contributed by atoms with Gasteiger partial charge >= 0.3 is 0 Å². The Morgan fingerprint density at radius 2 is 1.38 bits per heavy atom. The summed E-state index contributed by atoms with van der Waals surface area (Å²) in [4.78, 5) is 0. The van der Waals surface area contributed by atoms with Crippen molar-refractivity contribution < 1.29 is 0 Å². The quantitative estimate of drug-likeness (QED) is 0.310. The molecule has 0 saturated heterocycles. The molecule has 1 heteroatoms. The summed E-state index contributed by atoms with van der Waals surface area (Å²) >= 11 is 0. The zero-order valence-corrected chi connectivity index (χ0v) is 14.6. The maximum absolute atomic E-state index is 2.45. The molecule has 0 aliphatic carbocycles. The third-order valence-corrected chi connectivity index (χ3v) is 5.32. The van der Waals surface area contributed by atoms with E-state index in [1.807, 2.05) is 0 Å². The lowest BCUT2D eigenvalue weighted by Crippen LogP contribution is -2.10. The molecule has 0 bridgehead atoms. The van der Waals surface area contributed by atoms with Gasteiger partial charge in [0.15, 0.2) is 0 Å². The van der Waals surface area contributed by atoms with E-state index in [0.717, 1.165) is 0 Å². The first-order chi connectivity index (χ1) is 11.4. The SMILES string of the molecule is Cc1ccc2c3cc(C(C)(C)C)cc4c5ccccc5n(c2c1)c43. The predicted octanol–water partition coefficient (Wildman–Crippen LogP) is 6.44. The topological polar surface area (TPSA) is 4.41 Å². The summed E-state index contributed by atoms with van der Waals surface area (Å²) in [5.41, 5.74) is 6.85. The van der Waals surface area contributed by atoms with E-state index in [9.17, 15) is 0 Å². The Kier molecular flexibility index (Phi) is 2.48. The van der Waals surface area contributed by atoms with Crippen LogP contribution in [0.4, 0.5) is 0 Å². The van der Waals surface area contributed by atoms with E-state index in [1.165, 1.54) is 49.2 Å². The van der Waals surface area contributed by atoms with Gasteiger partial charge in [-0.15, -0.1) is 0 Å². The molecule has 0 aliphatic heterocycles. The Morgan fingerprint density at radius 3 is 2.08 bits per heavy atom. The van der Waals surface area contributed by atoms with Crippen molar-refractivity contribution in [3.63, 3.8) is 0 Å². The van der Waals surface area contributed by atoms with Crippen LogP contribution in [0.25, 0.3) is 38.1 Å². The molecule has 0 saturated carbocycles. The fourth-order valence-corrected chi connectivity index (χ4v) is 4.04. The van der Waals surface area contributed by atoms with Gasteiger partial charge in [-0.05, 0) is 47.7 Å².